The van der Waals surface area contributed by atoms with Crippen molar-refractivity contribution in [3.8, 4) is 0 Å². The maximum absolute atomic E-state index is 13.0. The van der Waals surface area contributed by atoms with Crippen LogP contribution in [-0.2, 0) is 14.4 Å². The largest absolute Gasteiger partial charge is 0.473 e. The lowest BCUT2D eigenvalue weighted by Gasteiger charge is -2.19. The fourth-order valence-electron chi connectivity index (χ4n) is 2.41. The fourth-order valence-corrected chi connectivity index (χ4v) is 2.41. The number of halogens is 1. The number of carbonyl (C=O) groups excluding carboxylic acids is 1. The average Bonchev–Trinajstić information content (AvgIpc) is 2.82. The molecule has 8 heteroatoms. The molecule has 138 valence electrons. The number of amides is 1. The van der Waals surface area contributed by atoms with Gasteiger partial charge in [0.15, 0.2) is 0 Å². The highest BCUT2D eigenvalue weighted by molar-refractivity contribution is 6.27. The zero-order valence-corrected chi connectivity index (χ0v) is 13.9. The van der Waals surface area contributed by atoms with Gasteiger partial charge in [0.1, 0.15) is 5.82 Å². The summed E-state index contributed by atoms with van der Waals surface area (Å²) in [4.78, 5) is 32.3. The summed E-state index contributed by atoms with van der Waals surface area (Å²) in [5.41, 5.74) is 0.529. The Morgan fingerprint density at radius 2 is 1.64 bits per heavy atom. The Labute approximate surface area is 145 Å². The van der Waals surface area contributed by atoms with Gasteiger partial charge >= 0.3 is 11.9 Å². The summed E-state index contributed by atoms with van der Waals surface area (Å²) in [6.07, 6.45) is 5.52. The van der Waals surface area contributed by atoms with Crippen molar-refractivity contribution < 1.29 is 29.0 Å². The summed E-state index contributed by atoms with van der Waals surface area (Å²) < 4.78 is 13.0. The van der Waals surface area contributed by atoms with Crippen LogP contribution in [0.4, 0.5) is 10.1 Å². The van der Waals surface area contributed by atoms with Gasteiger partial charge in [-0.25, -0.2) is 14.0 Å². The lowest BCUT2D eigenvalue weighted by Crippen LogP contribution is -2.28. The standard InChI is InChI=1S/C15H21FN2O.C2H2O4/c16-13-6-5-7-14(12-13)17-15(19)8-11-18-9-3-1-2-4-10-18;3-1(4)2(5)6/h5-7,12H,1-4,8-11H2,(H,17,19);(H,3,4)(H,5,6). The highest BCUT2D eigenvalue weighted by Gasteiger charge is 2.11. The first-order valence-corrected chi connectivity index (χ1v) is 8.12. The number of likely N-dealkylation sites (tertiary alicyclic amines) is 1. The van der Waals surface area contributed by atoms with E-state index in [2.05, 4.69) is 10.2 Å². The number of hydrogen-bond acceptors (Lipinski definition) is 4. The first-order chi connectivity index (χ1) is 11.9. The quantitative estimate of drug-likeness (QED) is 0.716. The molecule has 1 aliphatic rings. The topological polar surface area (TPSA) is 107 Å². The average molecular weight is 354 g/mol. The third-order valence-electron chi connectivity index (χ3n) is 3.65. The van der Waals surface area contributed by atoms with Gasteiger partial charge in [-0.05, 0) is 44.1 Å². The Balaban J connectivity index is 0.000000450. The number of nitrogens with zero attached hydrogens (tertiary/aromatic N) is 1. The van der Waals surface area contributed by atoms with Crippen LogP contribution in [0.1, 0.15) is 32.1 Å². The van der Waals surface area contributed by atoms with Crippen molar-refractivity contribution in [2.45, 2.75) is 32.1 Å². The van der Waals surface area contributed by atoms with E-state index in [0.29, 0.717) is 12.1 Å². The molecule has 0 aliphatic carbocycles. The van der Waals surface area contributed by atoms with Gasteiger partial charge in [0.05, 0.1) is 0 Å². The van der Waals surface area contributed by atoms with Gasteiger partial charge in [-0.1, -0.05) is 18.9 Å². The molecule has 0 atom stereocenters. The molecule has 25 heavy (non-hydrogen) atoms. The van der Waals surface area contributed by atoms with Gasteiger partial charge in [-0.15, -0.1) is 0 Å². The maximum atomic E-state index is 13.0. The number of carbonyl (C=O) groups is 3. The monoisotopic (exact) mass is 354 g/mol. The van der Waals surface area contributed by atoms with Gasteiger partial charge in [-0.2, -0.15) is 0 Å². The number of aliphatic carboxylic acids is 2. The molecular formula is C17H23FN2O5. The molecule has 0 spiro atoms. The van der Waals surface area contributed by atoms with Gasteiger partial charge in [0.25, 0.3) is 0 Å². The van der Waals surface area contributed by atoms with E-state index in [0.717, 1.165) is 19.6 Å². The van der Waals surface area contributed by atoms with Crippen LogP contribution < -0.4 is 5.32 Å². The molecule has 2 rings (SSSR count). The van der Waals surface area contributed by atoms with Crippen LogP contribution in [-0.4, -0.2) is 52.6 Å². The third kappa shape index (κ3) is 9.41. The Kier molecular flexibility index (Phi) is 9.16. The number of nitrogens with one attached hydrogen (secondary N) is 1. The minimum Gasteiger partial charge on any atom is -0.473 e. The molecule has 0 radical (unpaired) electrons. The predicted molar refractivity (Wildman–Crippen MR) is 89.8 cm³/mol. The Morgan fingerprint density at radius 3 is 2.16 bits per heavy atom. The summed E-state index contributed by atoms with van der Waals surface area (Å²) >= 11 is 0. The van der Waals surface area contributed by atoms with Crippen molar-refractivity contribution in [3.05, 3.63) is 30.1 Å². The van der Waals surface area contributed by atoms with Crippen LogP contribution in [0.25, 0.3) is 0 Å². The highest BCUT2D eigenvalue weighted by atomic mass is 19.1. The van der Waals surface area contributed by atoms with Crippen molar-refractivity contribution >= 4 is 23.5 Å². The molecule has 7 nitrogen and oxygen atoms in total. The number of rotatable bonds is 4. The van der Waals surface area contributed by atoms with E-state index in [1.807, 2.05) is 0 Å². The predicted octanol–water partition coefficient (Wildman–Crippen LogP) is 2.19. The normalized spacial score (nSPS) is 14.6. The van der Waals surface area contributed by atoms with Crippen molar-refractivity contribution in [1.29, 1.82) is 0 Å². The lowest BCUT2D eigenvalue weighted by atomic mass is 10.2. The van der Waals surface area contributed by atoms with Crippen molar-refractivity contribution in [2.75, 3.05) is 25.0 Å². The molecule has 1 aliphatic heterocycles. The Bertz CT molecular complexity index is 574. The van der Waals surface area contributed by atoms with E-state index in [4.69, 9.17) is 19.8 Å². The van der Waals surface area contributed by atoms with Gasteiger partial charge in [0, 0.05) is 18.7 Å². The molecule has 0 bridgehead atoms. The van der Waals surface area contributed by atoms with Crippen LogP contribution in [0.2, 0.25) is 0 Å². The van der Waals surface area contributed by atoms with Crippen molar-refractivity contribution in [2.24, 2.45) is 0 Å². The lowest BCUT2D eigenvalue weighted by molar-refractivity contribution is -0.159. The summed E-state index contributed by atoms with van der Waals surface area (Å²) in [6, 6.07) is 6.00. The van der Waals surface area contributed by atoms with Crippen molar-refractivity contribution in [1.82, 2.24) is 4.90 Å². The van der Waals surface area contributed by atoms with Gasteiger partial charge in [-0.3, -0.25) is 4.79 Å². The maximum Gasteiger partial charge on any atom is 0.414 e. The smallest absolute Gasteiger partial charge is 0.414 e. The molecule has 3 N–H and O–H groups in total. The molecule has 1 aromatic carbocycles. The van der Waals surface area contributed by atoms with Crippen LogP contribution in [0.3, 0.4) is 0 Å². The van der Waals surface area contributed by atoms with Crippen LogP contribution >= 0.6 is 0 Å². The number of benzene rings is 1. The molecule has 0 aromatic heterocycles. The van der Waals surface area contributed by atoms with E-state index in [1.165, 1.54) is 37.8 Å². The van der Waals surface area contributed by atoms with Crippen LogP contribution in [0.5, 0.6) is 0 Å². The number of carboxylic acid groups (broad SMARTS) is 2. The Hall–Kier alpha value is -2.48. The minimum absolute atomic E-state index is 0.0464. The Morgan fingerprint density at radius 1 is 1.04 bits per heavy atom. The van der Waals surface area contributed by atoms with Crippen LogP contribution in [0, 0.1) is 5.82 Å². The van der Waals surface area contributed by atoms with E-state index in [-0.39, 0.29) is 11.7 Å². The number of hydrogen-bond donors (Lipinski definition) is 3. The molecule has 1 aromatic rings. The second-order valence-electron chi connectivity index (χ2n) is 5.67. The first-order valence-electron chi connectivity index (χ1n) is 8.12. The van der Waals surface area contributed by atoms with E-state index in [9.17, 15) is 9.18 Å². The number of anilines is 1. The summed E-state index contributed by atoms with van der Waals surface area (Å²) in [7, 11) is 0. The van der Waals surface area contributed by atoms with E-state index in [1.54, 1.807) is 12.1 Å². The third-order valence-corrected chi connectivity index (χ3v) is 3.65. The molecule has 1 saturated heterocycles. The molecule has 1 heterocycles. The first kappa shape index (κ1) is 20.6. The molecular weight excluding hydrogens is 331 g/mol. The molecule has 0 unspecified atom stereocenters. The summed E-state index contributed by atoms with van der Waals surface area (Å²) in [6.45, 7) is 2.97. The zero-order valence-electron chi connectivity index (χ0n) is 13.9. The molecule has 1 amide bonds. The second-order valence-corrected chi connectivity index (χ2v) is 5.67. The van der Waals surface area contributed by atoms with E-state index >= 15 is 0 Å². The zero-order chi connectivity index (χ0) is 18.7. The summed E-state index contributed by atoms with van der Waals surface area (Å²) in [5, 5.41) is 17.5. The summed E-state index contributed by atoms with van der Waals surface area (Å²) in [5.74, 6) is -4.02. The van der Waals surface area contributed by atoms with Crippen LogP contribution in [0.15, 0.2) is 24.3 Å². The fraction of sp³-hybridized carbons (Fsp3) is 0.471. The second kappa shape index (κ2) is 11.1. The molecule has 1 fully saturated rings. The number of carboxylic acids is 2. The SMILES string of the molecule is O=C(CCN1CCCCCC1)Nc1cccc(F)c1.O=C(O)C(=O)O. The minimum atomic E-state index is -1.82. The van der Waals surface area contributed by atoms with Crippen molar-refractivity contribution in [3.63, 3.8) is 0 Å². The highest BCUT2D eigenvalue weighted by Crippen LogP contribution is 2.11. The van der Waals surface area contributed by atoms with Gasteiger partial charge in [0.2, 0.25) is 5.91 Å². The molecule has 0 saturated carbocycles. The van der Waals surface area contributed by atoms with Gasteiger partial charge < -0.3 is 20.4 Å². The van der Waals surface area contributed by atoms with E-state index < -0.39 is 11.9 Å².